The first kappa shape index (κ1) is 20.7. The maximum absolute atomic E-state index is 13.3. The average molecular weight is 404 g/mol. The van der Waals surface area contributed by atoms with Gasteiger partial charge in [0.15, 0.2) is 0 Å². The van der Waals surface area contributed by atoms with Gasteiger partial charge in [-0.1, -0.05) is 0 Å². The first-order valence-electron chi connectivity index (χ1n) is 7.27. The SMILES string of the molecule is Cc1c(C(=O)O)oc2c1/C(=N/NC(=O)C(F)(F)C(F)(F)C(F)(F)F)CCC2. The number of carboxylic acid groups (broad SMARTS) is 1. The van der Waals surface area contributed by atoms with Gasteiger partial charge in [-0.3, -0.25) is 4.79 Å². The number of nitrogens with zero attached hydrogens (tertiary/aromatic N) is 1. The molecule has 13 heteroatoms. The van der Waals surface area contributed by atoms with Gasteiger partial charge in [0.2, 0.25) is 5.76 Å². The number of hydrogen-bond donors (Lipinski definition) is 2. The summed E-state index contributed by atoms with van der Waals surface area (Å²) in [7, 11) is 0. The second kappa shape index (κ2) is 6.53. The van der Waals surface area contributed by atoms with Crippen LogP contribution in [0.2, 0.25) is 0 Å². The molecule has 0 saturated heterocycles. The highest BCUT2D eigenvalue weighted by atomic mass is 19.4. The van der Waals surface area contributed by atoms with Crippen LogP contribution in [0, 0.1) is 6.92 Å². The molecule has 0 atom stereocenters. The molecule has 0 saturated carbocycles. The second-order valence-corrected chi connectivity index (χ2v) is 5.66. The molecule has 2 N–H and O–H groups in total. The molecular weight excluding hydrogens is 393 g/mol. The molecule has 0 radical (unpaired) electrons. The van der Waals surface area contributed by atoms with Gasteiger partial charge >= 0.3 is 29.9 Å². The number of carboxylic acids is 1. The largest absolute Gasteiger partial charge is 0.475 e. The van der Waals surface area contributed by atoms with E-state index in [1.165, 1.54) is 6.92 Å². The van der Waals surface area contributed by atoms with E-state index >= 15 is 0 Å². The maximum Gasteiger partial charge on any atom is 0.460 e. The standard InChI is InChI=1S/C14H11F7N2O4/c1-5-8-6(3-2-4-7(8)27-9(5)10(24)25)22-23-11(26)12(15,16)13(17,18)14(19,20)21/h2-4H2,1H3,(H,23,26)(H,24,25)/b22-6+. The Bertz CT molecular complexity index is 811. The van der Waals surface area contributed by atoms with Crippen LogP contribution < -0.4 is 5.43 Å². The molecule has 0 unspecified atom stereocenters. The van der Waals surface area contributed by atoms with Crippen LogP contribution in [0.3, 0.4) is 0 Å². The molecule has 1 aliphatic carbocycles. The van der Waals surface area contributed by atoms with Crippen LogP contribution in [-0.4, -0.2) is 40.7 Å². The molecular formula is C14H11F7N2O4. The lowest BCUT2D eigenvalue weighted by atomic mass is 9.93. The van der Waals surface area contributed by atoms with Crippen molar-refractivity contribution in [2.24, 2.45) is 5.10 Å². The number of fused-ring (bicyclic) bond motifs is 1. The van der Waals surface area contributed by atoms with Gasteiger partial charge in [0.05, 0.1) is 5.71 Å². The minimum absolute atomic E-state index is 0.0218. The number of carbonyl (C=O) groups is 2. The van der Waals surface area contributed by atoms with Crippen molar-refractivity contribution in [2.45, 2.75) is 44.2 Å². The summed E-state index contributed by atoms with van der Waals surface area (Å²) in [5, 5.41) is 12.2. The second-order valence-electron chi connectivity index (χ2n) is 5.66. The Morgan fingerprint density at radius 2 is 1.70 bits per heavy atom. The van der Waals surface area contributed by atoms with Crippen molar-refractivity contribution in [2.75, 3.05) is 0 Å². The topological polar surface area (TPSA) is 91.9 Å². The highest BCUT2D eigenvalue weighted by Crippen LogP contribution is 2.46. The van der Waals surface area contributed by atoms with Crippen molar-refractivity contribution in [1.82, 2.24) is 5.43 Å². The number of amides is 1. The fourth-order valence-corrected chi connectivity index (χ4v) is 2.49. The zero-order chi connectivity index (χ0) is 20.8. The number of carbonyl (C=O) groups excluding carboxylic acids is 1. The summed E-state index contributed by atoms with van der Waals surface area (Å²) in [4.78, 5) is 22.3. The number of furan rings is 1. The lowest BCUT2D eigenvalue weighted by Crippen LogP contribution is -2.58. The maximum atomic E-state index is 13.3. The zero-order valence-electron chi connectivity index (χ0n) is 13.4. The Morgan fingerprint density at radius 1 is 1.11 bits per heavy atom. The van der Waals surface area contributed by atoms with Crippen molar-refractivity contribution in [3.05, 3.63) is 22.6 Å². The lowest BCUT2D eigenvalue weighted by Gasteiger charge is -2.26. The van der Waals surface area contributed by atoms with Gasteiger partial charge in [-0.05, 0) is 19.8 Å². The normalized spacial score (nSPS) is 17.0. The summed E-state index contributed by atoms with van der Waals surface area (Å²) in [5.74, 6) is -17.4. The first-order chi connectivity index (χ1) is 12.2. The minimum atomic E-state index is -6.66. The number of halogens is 7. The summed E-state index contributed by atoms with van der Waals surface area (Å²) in [6.45, 7) is 1.31. The number of hydrogen-bond acceptors (Lipinski definition) is 4. The molecule has 6 nitrogen and oxygen atoms in total. The van der Waals surface area contributed by atoms with Crippen LogP contribution >= 0.6 is 0 Å². The predicted octanol–water partition coefficient (Wildman–Crippen LogP) is 3.28. The van der Waals surface area contributed by atoms with Crippen molar-refractivity contribution < 1.29 is 49.8 Å². The monoisotopic (exact) mass is 404 g/mol. The van der Waals surface area contributed by atoms with E-state index in [-0.39, 0.29) is 35.4 Å². The number of alkyl halides is 7. The molecule has 150 valence electrons. The van der Waals surface area contributed by atoms with Crippen molar-refractivity contribution in [3.8, 4) is 0 Å². The van der Waals surface area contributed by atoms with Gasteiger partial charge < -0.3 is 9.52 Å². The van der Waals surface area contributed by atoms with Crippen LogP contribution in [0.25, 0.3) is 0 Å². The molecule has 0 aliphatic heterocycles. The number of aromatic carboxylic acids is 1. The molecule has 0 bridgehead atoms. The summed E-state index contributed by atoms with van der Waals surface area (Å²) in [6.07, 6.45) is -6.08. The molecule has 2 rings (SSSR count). The van der Waals surface area contributed by atoms with Crippen molar-refractivity contribution in [3.63, 3.8) is 0 Å². The minimum Gasteiger partial charge on any atom is -0.475 e. The molecule has 1 aromatic heterocycles. The smallest absolute Gasteiger partial charge is 0.460 e. The Hall–Kier alpha value is -2.60. The predicted molar refractivity (Wildman–Crippen MR) is 74.0 cm³/mol. The Labute approximate surface area is 146 Å². The first-order valence-corrected chi connectivity index (χ1v) is 7.27. The highest BCUT2D eigenvalue weighted by molar-refractivity contribution is 6.06. The molecule has 0 spiro atoms. The number of hydrazone groups is 1. The van der Waals surface area contributed by atoms with E-state index < -0.39 is 35.7 Å². The number of nitrogens with one attached hydrogen (secondary N) is 1. The van der Waals surface area contributed by atoms with Crippen LogP contribution in [0.4, 0.5) is 30.7 Å². The third-order valence-corrected chi connectivity index (χ3v) is 3.85. The van der Waals surface area contributed by atoms with Gasteiger partial charge in [0.25, 0.3) is 0 Å². The van der Waals surface area contributed by atoms with E-state index in [2.05, 4.69) is 5.10 Å². The van der Waals surface area contributed by atoms with Gasteiger partial charge in [-0.2, -0.15) is 35.8 Å². The van der Waals surface area contributed by atoms with Crippen molar-refractivity contribution in [1.29, 1.82) is 0 Å². The van der Waals surface area contributed by atoms with E-state index in [4.69, 9.17) is 9.52 Å². The fraction of sp³-hybridized carbons (Fsp3) is 0.500. The Kier molecular flexibility index (Phi) is 5.01. The highest BCUT2D eigenvalue weighted by Gasteiger charge is 2.76. The van der Waals surface area contributed by atoms with E-state index in [1.54, 1.807) is 0 Å². The molecule has 1 aromatic rings. The molecule has 0 fully saturated rings. The molecule has 27 heavy (non-hydrogen) atoms. The van der Waals surface area contributed by atoms with Crippen LogP contribution in [-0.2, 0) is 11.2 Å². The van der Waals surface area contributed by atoms with E-state index in [9.17, 15) is 40.3 Å². The van der Waals surface area contributed by atoms with E-state index in [0.717, 1.165) is 5.43 Å². The van der Waals surface area contributed by atoms with Crippen LogP contribution in [0.1, 0.15) is 40.3 Å². The quantitative estimate of drug-likeness (QED) is 0.595. The number of aryl methyl sites for hydroxylation is 1. The summed E-state index contributed by atoms with van der Waals surface area (Å²) in [5.41, 5.74) is 0.958. The van der Waals surface area contributed by atoms with Crippen LogP contribution in [0.5, 0.6) is 0 Å². The molecule has 0 aromatic carbocycles. The van der Waals surface area contributed by atoms with Crippen LogP contribution in [0.15, 0.2) is 9.52 Å². The number of rotatable bonds is 4. The third-order valence-electron chi connectivity index (χ3n) is 3.85. The summed E-state index contributed by atoms with van der Waals surface area (Å²) in [6, 6.07) is 0. The fourth-order valence-electron chi connectivity index (χ4n) is 2.49. The average Bonchev–Trinajstić information content (AvgIpc) is 2.89. The van der Waals surface area contributed by atoms with Gasteiger partial charge in [0, 0.05) is 17.5 Å². The van der Waals surface area contributed by atoms with Crippen molar-refractivity contribution >= 4 is 17.6 Å². The Balaban J connectivity index is 2.33. The molecule has 1 amide bonds. The summed E-state index contributed by atoms with van der Waals surface area (Å²) < 4.78 is 93.7. The van der Waals surface area contributed by atoms with Gasteiger partial charge in [-0.25, -0.2) is 10.2 Å². The van der Waals surface area contributed by atoms with E-state index in [1.807, 2.05) is 0 Å². The third kappa shape index (κ3) is 3.37. The Morgan fingerprint density at radius 3 is 2.22 bits per heavy atom. The lowest BCUT2D eigenvalue weighted by molar-refractivity contribution is -0.344. The van der Waals surface area contributed by atoms with Gasteiger partial charge in [-0.15, -0.1) is 0 Å². The molecule has 1 heterocycles. The zero-order valence-corrected chi connectivity index (χ0v) is 13.4. The summed E-state index contributed by atoms with van der Waals surface area (Å²) >= 11 is 0. The molecule has 1 aliphatic rings. The van der Waals surface area contributed by atoms with E-state index in [0.29, 0.717) is 6.42 Å². The van der Waals surface area contributed by atoms with Gasteiger partial charge in [0.1, 0.15) is 5.76 Å².